The predicted octanol–water partition coefficient (Wildman–Crippen LogP) is 0.466. The van der Waals surface area contributed by atoms with Crippen LogP contribution in [0.25, 0.3) is 0 Å². The molecule has 1 aromatic carbocycles. The molecule has 11 heteroatoms. The van der Waals surface area contributed by atoms with Gasteiger partial charge in [0.25, 0.3) is 0 Å². The van der Waals surface area contributed by atoms with E-state index in [0.29, 0.717) is 50.7 Å². The van der Waals surface area contributed by atoms with Gasteiger partial charge in [-0.2, -0.15) is 4.31 Å². The van der Waals surface area contributed by atoms with Gasteiger partial charge in [-0.25, -0.2) is 8.42 Å². The van der Waals surface area contributed by atoms with E-state index in [2.05, 4.69) is 5.32 Å². The summed E-state index contributed by atoms with van der Waals surface area (Å²) < 4.78 is 42.6. The van der Waals surface area contributed by atoms with E-state index in [0.717, 1.165) is 0 Å². The fourth-order valence-electron chi connectivity index (χ4n) is 3.11. The number of ether oxygens (including phenoxy) is 3. The Balaban J connectivity index is 2.09. The second kappa shape index (κ2) is 12.1. The number of amides is 1. The molecule has 1 heterocycles. The van der Waals surface area contributed by atoms with Gasteiger partial charge in [0, 0.05) is 32.4 Å². The van der Waals surface area contributed by atoms with Gasteiger partial charge in [0.15, 0.2) is 0 Å². The highest BCUT2D eigenvalue weighted by Gasteiger charge is 2.28. The number of anilines is 1. The molecule has 1 fully saturated rings. The van der Waals surface area contributed by atoms with E-state index in [-0.39, 0.29) is 30.5 Å². The zero-order valence-electron chi connectivity index (χ0n) is 18.3. The molecule has 0 spiro atoms. The van der Waals surface area contributed by atoms with Gasteiger partial charge in [0.2, 0.25) is 15.9 Å². The highest BCUT2D eigenvalue weighted by molar-refractivity contribution is 7.89. The number of esters is 1. The smallest absolute Gasteiger partial charge is 0.320 e. The minimum atomic E-state index is -3.69. The molecule has 1 saturated heterocycles. The summed E-state index contributed by atoms with van der Waals surface area (Å²) in [7, 11) is -2.16. The first-order valence-electron chi connectivity index (χ1n) is 10.1. The van der Waals surface area contributed by atoms with Crippen molar-refractivity contribution in [2.24, 2.45) is 0 Å². The van der Waals surface area contributed by atoms with Crippen molar-refractivity contribution in [1.82, 2.24) is 9.21 Å². The lowest BCUT2D eigenvalue weighted by atomic mass is 10.2. The molecular formula is C20H31N3O7S. The molecule has 1 aromatic rings. The molecule has 1 aliphatic heterocycles. The van der Waals surface area contributed by atoms with Crippen LogP contribution in [0, 0.1) is 6.92 Å². The summed E-state index contributed by atoms with van der Waals surface area (Å²) >= 11 is 0. The number of carbonyl (C=O) groups excluding carboxylic acids is 2. The van der Waals surface area contributed by atoms with Crippen LogP contribution in [-0.4, -0.2) is 95.8 Å². The Labute approximate surface area is 183 Å². The third kappa shape index (κ3) is 7.54. The van der Waals surface area contributed by atoms with Crippen LogP contribution >= 0.6 is 0 Å². The van der Waals surface area contributed by atoms with E-state index < -0.39 is 16.0 Å². The lowest BCUT2D eigenvalue weighted by Crippen LogP contribution is -2.41. The van der Waals surface area contributed by atoms with E-state index in [9.17, 15) is 18.0 Å². The number of aryl methyl sites for hydroxylation is 1. The molecule has 2 rings (SSSR count). The Morgan fingerprint density at radius 3 is 2.58 bits per heavy atom. The quantitative estimate of drug-likeness (QED) is 0.477. The number of nitrogens with one attached hydrogen (secondary N) is 1. The fourth-order valence-corrected chi connectivity index (χ4v) is 4.77. The summed E-state index contributed by atoms with van der Waals surface area (Å²) in [5, 5.41) is 2.72. The lowest BCUT2D eigenvalue weighted by molar-refractivity contribution is -0.144. The number of carbonyl (C=O) groups is 2. The Morgan fingerprint density at radius 2 is 1.94 bits per heavy atom. The summed E-state index contributed by atoms with van der Waals surface area (Å²) in [6.45, 7) is 5.57. The topological polar surface area (TPSA) is 114 Å². The molecule has 1 amide bonds. The number of hydrogen-bond donors (Lipinski definition) is 1. The van der Waals surface area contributed by atoms with Crippen molar-refractivity contribution in [1.29, 1.82) is 0 Å². The molecule has 0 aromatic heterocycles. The van der Waals surface area contributed by atoms with Crippen LogP contribution in [-0.2, 0) is 33.8 Å². The van der Waals surface area contributed by atoms with Crippen LogP contribution < -0.4 is 5.32 Å². The molecule has 1 N–H and O–H groups in total. The van der Waals surface area contributed by atoms with Gasteiger partial charge in [0.05, 0.1) is 44.4 Å². The molecule has 0 unspecified atom stereocenters. The number of sulfonamides is 1. The Morgan fingerprint density at radius 1 is 1.23 bits per heavy atom. The fraction of sp³-hybridized carbons (Fsp3) is 0.600. The average Bonchev–Trinajstić information content (AvgIpc) is 2.74. The van der Waals surface area contributed by atoms with Crippen molar-refractivity contribution in [2.45, 2.75) is 18.7 Å². The second-order valence-corrected chi connectivity index (χ2v) is 8.96. The van der Waals surface area contributed by atoms with E-state index in [1.807, 2.05) is 0 Å². The van der Waals surface area contributed by atoms with Crippen LogP contribution in [0.2, 0.25) is 0 Å². The highest BCUT2D eigenvalue weighted by atomic mass is 32.2. The van der Waals surface area contributed by atoms with Gasteiger partial charge in [-0.3, -0.25) is 14.5 Å². The lowest BCUT2D eigenvalue weighted by Gasteiger charge is -2.27. The average molecular weight is 458 g/mol. The Kier molecular flexibility index (Phi) is 9.85. The number of hydrogen-bond acceptors (Lipinski definition) is 8. The normalized spacial score (nSPS) is 15.1. The van der Waals surface area contributed by atoms with Crippen LogP contribution in [0.1, 0.15) is 12.5 Å². The van der Waals surface area contributed by atoms with E-state index in [1.54, 1.807) is 30.9 Å². The van der Waals surface area contributed by atoms with E-state index >= 15 is 0 Å². The number of nitrogens with zero attached hydrogens (tertiary/aromatic N) is 2. The maximum atomic E-state index is 13.0. The molecule has 0 aliphatic carbocycles. The second-order valence-electron chi connectivity index (χ2n) is 7.05. The summed E-state index contributed by atoms with van der Waals surface area (Å²) in [5.74, 6) is -0.806. The molecule has 0 atom stereocenters. The zero-order valence-corrected chi connectivity index (χ0v) is 19.1. The van der Waals surface area contributed by atoms with Gasteiger partial charge >= 0.3 is 5.97 Å². The third-order valence-electron chi connectivity index (χ3n) is 4.70. The van der Waals surface area contributed by atoms with Crippen molar-refractivity contribution in [2.75, 3.05) is 71.6 Å². The molecule has 0 radical (unpaired) electrons. The van der Waals surface area contributed by atoms with E-state index in [1.165, 1.54) is 17.5 Å². The minimum absolute atomic E-state index is 0.0465. The third-order valence-corrected chi connectivity index (χ3v) is 6.74. The van der Waals surface area contributed by atoms with Crippen molar-refractivity contribution in [3.8, 4) is 0 Å². The summed E-state index contributed by atoms with van der Waals surface area (Å²) in [6, 6.07) is 4.77. The molecule has 31 heavy (non-hydrogen) atoms. The summed E-state index contributed by atoms with van der Waals surface area (Å²) in [4.78, 5) is 26.1. The van der Waals surface area contributed by atoms with Crippen molar-refractivity contribution in [3.63, 3.8) is 0 Å². The molecule has 10 nitrogen and oxygen atoms in total. The van der Waals surface area contributed by atoms with Crippen molar-refractivity contribution >= 4 is 27.6 Å². The van der Waals surface area contributed by atoms with Crippen molar-refractivity contribution < 1.29 is 32.2 Å². The van der Waals surface area contributed by atoms with E-state index in [4.69, 9.17) is 14.2 Å². The SMILES string of the molecule is CCOC(=O)CN(CCOC)CC(=O)Nc1ccc(C)c(S(=O)(=O)N2CCOCC2)c1. The summed E-state index contributed by atoms with van der Waals surface area (Å²) in [6.07, 6.45) is 0. The highest BCUT2D eigenvalue weighted by Crippen LogP contribution is 2.24. The van der Waals surface area contributed by atoms with Crippen LogP contribution in [0.4, 0.5) is 5.69 Å². The van der Waals surface area contributed by atoms with Gasteiger partial charge in [-0.1, -0.05) is 6.07 Å². The molecular weight excluding hydrogens is 426 g/mol. The number of morpholine rings is 1. The molecule has 1 aliphatic rings. The van der Waals surface area contributed by atoms with Gasteiger partial charge in [-0.15, -0.1) is 0 Å². The van der Waals surface area contributed by atoms with Gasteiger partial charge in [0.1, 0.15) is 0 Å². The van der Waals surface area contributed by atoms with Crippen LogP contribution in [0.5, 0.6) is 0 Å². The standard InChI is InChI=1S/C20H31N3O7S/c1-4-30-20(25)15-22(7-10-28-3)14-19(24)21-17-6-5-16(2)18(13-17)31(26,27)23-8-11-29-12-9-23/h5-6,13H,4,7-12,14-15H2,1-3H3,(H,21,24). The Hall–Kier alpha value is -2.05. The molecule has 174 valence electrons. The number of methoxy groups -OCH3 is 1. The van der Waals surface area contributed by atoms with Gasteiger partial charge in [-0.05, 0) is 31.5 Å². The van der Waals surface area contributed by atoms with Crippen LogP contribution in [0.3, 0.4) is 0 Å². The predicted molar refractivity (Wildman–Crippen MR) is 114 cm³/mol. The first-order valence-corrected chi connectivity index (χ1v) is 11.6. The molecule has 0 saturated carbocycles. The monoisotopic (exact) mass is 457 g/mol. The Bertz CT molecular complexity index is 854. The first-order chi connectivity index (χ1) is 14.8. The number of rotatable bonds is 11. The van der Waals surface area contributed by atoms with Crippen molar-refractivity contribution in [3.05, 3.63) is 23.8 Å². The zero-order chi connectivity index (χ0) is 22.9. The maximum Gasteiger partial charge on any atom is 0.320 e. The molecule has 0 bridgehead atoms. The maximum absolute atomic E-state index is 13.0. The van der Waals surface area contributed by atoms with Crippen LogP contribution in [0.15, 0.2) is 23.1 Å². The largest absolute Gasteiger partial charge is 0.465 e. The number of benzene rings is 1. The summed E-state index contributed by atoms with van der Waals surface area (Å²) in [5.41, 5.74) is 0.957. The first kappa shape index (κ1) is 25.2. The van der Waals surface area contributed by atoms with Gasteiger partial charge < -0.3 is 19.5 Å². The minimum Gasteiger partial charge on any atom is -0.465 e.